The summed E-state index contributed by atoms with van der Waals surface area (Å²) in [5.74, 6) is -0.371. The number of rotatable bonds is 26. The Labute approximate surface area is 281 Å². The molecule has 0 aliphatic rings. The maximum absolute atomic E-state index is 12.6. The molecule has 0 saturated heterocycles. The maximum Gasteiger partial charge on any atom is 0.509 e. The highest BCUT2D eigenvalue weighted by atomic mass is 28.5. The van der Waals surface area contributed by atoms with E-state index in [0.717, 1.165) is 0 Å². The number of esters is 1. The van der Waals surface area contributed by atoms with E-state index in [9.17, 15) is 4.79 Å². The Hall–Kier alpha value is 0.508. The van der Waals surface area contributed by atoms with Crippen molar-refractivity contribution in [1.82, 2.24) is 0 Å². The topological polar surface area (TPSA) is 137 Å². The predicted molar refractivity (Wildman–Crippen MR) is 189 cm³/mol. The van der Waals surface area contributed by atoms with Gasteiger partial charge in [-0.1, -0.05) is 6.92 Å². The van der Waals surface area contributed by atoms with Crippen LogP contribution in [0.25, 0.3) is 0 Å². The number of carbonyl (C=O) groups is 1. The molecule has 0 amide bonds. The van der Waals surface area contributed by atoms with E-state index in [2.05, 4.69) is 26.2 Å². The van der Waals surface area contributed by atoms with Crippen molar-refractivity contribution in [3.05, 3.63) is 0 Å². The van der Waals surface area contributed by atoms with Crippen molar-refractivity contribution < 1.29 is 63.1 Å². The highest BCUT2D eigenvalue weighted by Gasteiger charge is 2.57. The largest absolute Gasteiger partial charge is 0.509 e. The van der Waals surface area contributed by atoms with Crippen molar-refractivity contribution in [3.8, 4) is 0 Å². The maximum atomic E-state index is 12.6. The zero-order valence-electron chi connectivity index (χ0n) is 30.7. The minimum Gasteiger partial charge on any atom is -0.461 e. The third-order valence-electron chi connectivity index (χ3n) is 7.50. The lowest BCUT2D eigenvalue weighted by Crippen LogP contribution is -2.66. The summed E-state index contributed by atoms with van der Waals surface area (Å²) in [5.41, 5.74) is 0.427. The lowest BCUT2D eigenvalue weighted by atomic mass is 10.5. The molecule has 0 aliphatic heterocycles. The summed E-state index contributed by atoms with van der Waals surface area (Å²) in [5, 5.41) is 0. The fraction of sp³-hybridized carbons (Fsp3) is 0.958. The third kappa shape index (κ3) is 14.9. The first-order valence-corrected chi connectivity index (χ1v) is 32.0. The van der Waals surface area contributed by atoms with Gasteiger partial charge in [-0.05, 0) is 51.4 Å². The van der Waals surface area contributed by atoms with E-state index in [0.29, 0.717) is 29.8 Å². The first-order chi connectivity index (χ1) is 20.7. The fourth-order valence-corrected chi connectivity index (χ4v) is 35.3. The van der Waals surface area contributed by atoms with Gasteiger partial charge < -0.3 is 56.9 Å². The summed E-state index contributed by atoms with van der Waals surface area (Å²) in [6.45, 7) is 14.2. The summed E-state index contributed by atoms with van der Waals surface area (Å²) in [6.07, 6.45) is 0.0700. The first kappa shape index (κ1) is 45.5. The zero-order valence-corrected chi connectivity index (χ0v) is 37.7. The number of carbonyl (C=O) groups excluding carboxylic acids is 1. The monoisotopic (exact) mass is 772 g/mol. The number of hydrogen-bond acceptors (Lipinski definition) is 14. The molecule has 45 heavy (non-hydrogen) atoms. The van der Waals surface area contributed by atoms with E-state index in [1.807, 2.05) is 13.1 Å². The van der Waals surface area contributed by atoms with Crippen molar-refractivity contribution in [3.63, 3.8) is 0 Å². The Morgan fingerprint density at radius 2 is 0.778 bits per heavy atom. The Morgan fingerprint density at radius 3 is 1.07 bits per heavy atom. The van der Waals surface area contributed by atoms with Crippen LogP contribution in [-0.2, 0) is 61.7 Å². The predicted octanol–water partition coefficient (Wildman–Crippen LogP) is 4.50. The highest BCUT2D eigenvalue weighted by Crippen LogP contribution is 2.35. The molecule has 0 aliphatic carbocycles. The van der Waals surface area contributed by atoms with Gasteiger partial charge in [-0.15, -0.1) is 0 Å². The number of ether oxygens (including phenoxy) is 1. The van der Waals surface area contributed by atoms with Crippen LogP contribution in [0.15, 0.2) is 0 Å². The van der Waals surface area contributed by atoms with Crippen molar-refractivity contribution >= 4 is 66.1 Å². The molecule has 0 saturated carbocycles. The van der Waals surface area contributed by atoms with Gasteiger partial charge in [0.2, 0.25) is 0 Å². The van der Waals surface area contributed by atoms with Crippen molar-refractivity contribution in [2.24, 2.45) is 0 Å². The second-order valence-corrected chi connectivity index (χ2v) is 38.2. The molecule has 272 valence electrons. The SMILES string of the molecule is CCC(=O)OC[Si](O[Si](C)(C)CC[Si](OC)(OC)OC)(O[Si](C)(C)CC[Si](OC)(OC)OC)O[Si](C)(C)C[Si](OC)(OC)OC.[HH]. The molecule has 0 atom stereocenters. The van der Waals surface area contributed by atoms with Crippen LogP contribution in [0, 0.1) is 0 Å². The van der Waals surface area contributed by atoms with Gasteiger partial charge in [0.05, 0.1) is 0 Å². The molecule has 0 unspecified atom stereocenters. The van der Waals surface area contributed by atoms with Gasteiger partial charge in [-0.2, -0.15) is 0 Å². The van der Waals surface area contributed by atoms with Crippen LogP contribution in [0.3, 0.4) is 0 Å². The lowest BCUT2D eigenvalue weighted by Gasteiger charge is -2.45. The van der Waals surface area contributed by atoms with Crippen LogP contribution in [0.5, 0.6) is 0 Å². The van der Waals surface area contributed by atoms with Crippen LogP contribution in [0.4, 0.5) is 0 Å². The molecule has 0 spiro atoms. The van der Waals surface area contributed by atoms with Crippen LogP contribution in [0.1, 0.15) is 14.8 Å². The molecule has 0 aromatic heterocycles. The van der Waals surface area contributed by atoms with E-state index in [-0.39, 0.29) is 20.0 Å². The van der Waals surface area contributed by atoms with Crippen LogP contribution < -0.4 is 0 Å². The smallest absolute Gasteiger partial charge is 0.461 e. The minimum absolute atomic E-state index is 0. The van der Waals surface area contributed by atoms with Gasteiger partial charge in [0.25, 0.3) is 0 Å². The summed E-state index contributed by atoms with van der Waals surface area (Å²) in [4.78, 5) is 12.6. The Morgan fingerprint density at radius 1 is 0.467 bits per heavy atom. The molecule has 0 radical (unpaired) electrons. The second kappa shape index (κ2) is 19.6. The quantitative estimate of drug-likeness (QED) is 0.0901. The van der Waals surface area contributed by atoms with E-state index in [1.54, 1.807) is 70.9 Å². The van der Waals surface area contributed by atoms with E-state index < -0.39 is 60.2 Å². The zero-order chi connectivity index (χ0) is 35.2. The number of hydrogen-bond donors (Lipinski definition) is 0. The second-order valence-electron chi connectivity index (χ2n) is 12.3. The molecule has 0 rings (SSSR count). The molecule has 14 nitrogen and oxygen atoms in total. The minimum atomic E-state index is -3.79. The van der Waals surface area contributed by atoms with Gasteiger partial charge in [-0.3, -0.25) is 4.79 Å². The normalized spacial score (nSPS) is 14.2. The molecular formula is C24H64O14Si7. The molecule has 0 bridgehead atoms. The van der Waals surface area contributed by atoms with E-state index in [4.69, 9.17) is 56.9 Å². The van der Waals surface area contributed by atoms with Crippen molar-refractivity contribution in [2.75, 3.05) is 70.2 Å². The van der Waals surface area contributed by atoms with E-state index >= 15 is 0 Å². The average molecular weight is 773 g/mol. The third-order valence-corrected chi connectivity index (χ3v) is 34.7. The van der Waals surface area contributed by atoms with Crippen molar-refractivity contribution in [1.29, 1.82) is 0 Å². The van der Waals surface area contributed by atoms with Gasteiger partial charge in [0, 0.05) is 89.6 Å². The van der Waals surface area contributed by atoms with Gasteiger partial charge in [0.15, 0.2) is 31.2 Å². The Bertz CT molecular complexity index is 800. The highest BCUT2D eigenvalue weighted by molar-refractivity contribution is 6.94. The molecule has 0 fully saturated rings. The molecule has 0 heterocycles. The van der Waals surface area contributed by atoms with Crippen LogP contribution in [-0.4, -0.2) is 136 Å². The first-order valence-electron chi connectivity index (χ1n) is 15.0. The molecule has 21 heteroatoms. The molecule has 0 aromatic carbocycles. The Balaban J connectivity index is 0. The fourth-order valence-electron chi connectivity index (χ4n) is 4.83. The molecule has 0 N–H and O–H groups in total. The Kier molecular flexibility index (Phi) is 19.9. The van der Waals surface area contributed by atoms with Gasteiger partial charge in [-0.25, -0.2) is 0 Å². The summed E-state index contributed by atoms with van der Waals surface area (Å²) < 4.78 is 78.7. The summed E-state index contributed by atoms with van der Waals surface area (Å²) in [7, 11) is -6.38. The molecular weight excluding hydrogens is 709 g/mol. The average Bonchev–Trinajstić information content (AvgIpc) is 3.00. The van der Waals surface area contributed by atoms with Gasteiger partial charge >= 0.3 is 41.2 Å². The molecule has 0 aromatic rings. The summed E-state index contributed by atoms with van der Waals surface area (Å²) in [6, 6.07) is 2.32. The van der Waals surface area contributed by atoms with E-state index in [1.165, 1.54) is 0 Å². The van der Waals surface area contributed by atoms with Crippen LogP contribution >= 0.6 is 0 Å². The van der Waals surface area contributed by atoms with Crippen molar-refractivity contribution in [2.45, 2.75) is 82.5 Å². The van der Waals surface area contributed by atoms with Crippen LogP contribution in [0.2, 0.25) is 69.1 Å². The lowest BCUT2D eigenvalue weighted by molar-refractivity contribution is -0.142. The van der Waals surface area contributed by atoms with Gasteiger partial charge in [0.1, 0.15) is 0 Å². The summed E-state index contributed by atoms with van der Waals surface area (Å²) >= 11 is 0. The standard InChI is InChI=1S/C24H62O14Si7.H2/c1-17-24(25)35-22-44(38-41(15,16)23-45(32-8,33-9)34-10,36-39(11,12)18-20-42(26-2,27-3)28-4)37-40(13,14)19-21-43(29-5,30-6)31-7;/h17-23H2,1-16H3;1H.